The van der Waals surface area contributed by atoms with Gasteiger partial charge in [0.15, 0.2) is 0 Å². The zero-order valence-electron chi connectivity index (χ0n) is 11.1. The maximum absolute atomic E-state index is 5.80. The summed E-state index contributed by atoms with van der Waals surface area (Å²) >= 11 is 0. The molecule has 0 radical (unpaired) electrons. The van der Waals surface area contributed by atoms with Gasteiger partial charge in [0.25, 0.3) is 0 Å². The third-order valence-corrected chi connectivity index (χ3v) is 4.50. The van der Waals surface area contributed by atoms with Crippen molar-refractivity contribution < 1.29 is 4.74 Å². The van der Waals surface area contributed by atoms with E-state index in [4.69, 9.17) is 4.74 Å². The summed E-state index contributed by atoms with van der Waals surface area (Å²) in [6, 6.07) is 0.658. The van der Waals surface area contributed by atoms with Crippen molar-refractivity contribution in [2.24, 2.45) is 11.3 Å². The van der Waals surface area contributed by atoms with Crippen LogP contribution < -0.4 is 5.32 Å². The van der Waals surface area contributed by atoms with Gasteiger partial charge in [-0.25, -0.2) is 0 Å². The standard InChI is InChI=1S/C13H26N2O/c1-5-15(4)8-7-14-11-10-6-9-16-12(10)13(11,2)3/h10-12,14H,5-9H2,1-4H3. The van der Waals surface area contributed by atoms with Gasteiger partial charge in [0.2, 0.25) is 0 Å². The minimum atomic E-state index is 0.325. The first-order valence-corrected chi connectivity index (χ1v) is 6.61. The summed E-state index contributed by atoms with van der Waals surface area (Å²) in [4.78, 5) is 2.35. The largest absolute Gasteiger partial charge is 0.377 e. The fourth-order valence-electron chi connectivity index (χ4n) is 3.31. The normalized spacial score (nSPS) is 36.2. The van der Waals surface area contributed by atoms with E-state index in [1.807, 2.05) is 0 Å². The topological polar surface area (TPSA) is 24.5 Å². The average Bonchev–Trinajstić information content (AvgIpc) is 2.70. The highest BCUT2D eigenvalue weighted by Gasteiger charge is 2.58. The van der Waals surface area contributed by atoms with E-state index < -0.39 is 0 Å². The van der Waals surface area contributed by atoms with Crippen molar-refractivity contribution in [3.63, 3.8) is 0 Å². The lowest BCUT2D eigenvalue weighted by Crippen LogP contribution is -2.66. The Kier molecular flexibility index (Phi) is 3.57. The fraction of sp³-hybridized carbons (Fsp3) is 1.00. The summed E-state index contributed by atoms with van der Waals surface area (Å²) in [6.45, 7) is 11.2. The van der Waals surface area contributed by atoms with Gasteiger partial charge in [0, 0.05) is 37.1 Å². The van der Waals surface area contributed by atoms with E-state index in [0.29, 0.717) is 17.6 Å². The van der Waals surface area contributed by atoms with Crippen molar-refractivity contribution in [1.82, 2.24) is 10.2 Å². The van der Waals surface area contributed by atoms with Crippen LogP contribution in [-0.4, -0.2) is 50.3 Å². The maximum Gasteiger partial charge on any atom is 0.0685 e. The molecule has 3 heteroatoms. The predicted octanol–water partition coefficient (Wildman–Crippen LogP) is 1.34. The van der Waals surface area contributed by atoms with Crippen molar-refractivity contribution >= 4 is 0 Å². The lowest BCUT2D eigenvalue weighted by atomic mass is 9.57. The molecule has 94 valence electrons. The Labute approximate surface area is 99.5 Å². The zero-order valence-corrected chi connectivity index (χ0v) is 11.1. The monoisotopic (exact) mass is 226 g/mol. The van der Waals surface area contributed by atoms with Crippen LogP contribution in [0.25, 0.3) is 0 Å². The van der Waals surface area contributed by atoms with Crippen molar-refractivity contribution in [2.45, 2.75) is 39.3 Å². The van der Waals surface area contributed by atoms with Crippen molar-refractivity contribution in [3.8, 4) is 0 Å². The number of likely N-dealkylation sites (N-methyl/N-ethyl adjacent to an activating group) is 1. The van der Waals surface area contributed by atoms with Gasteiger partial charge in [0.05, 0.1) is 6.10 Å². The predicted molar refractivity (Wildman–Crippen MR) is 66.6 cm³/mol. The van der Waals surface area contributed by atoms with Gasteiger partial charge in [-0.05, 0) is 20.0 Å². The maximum atomic E-state index is 5.80. The minimum Gasteiger partial charge on any atom is -0.377 e. The third kappa shape index (κ3) is 2.01. The molecule has 2 rings (SSSR count). The van der Waals surface area contributed by atoms with E-state index in [-0.39, 0.29) is 0 Å². The first kappa shape index (κ1) is 12.3. The Morgan fingerprint density at radius 2 is 2.19 bits per heavy atom. The number of rotatable bonds is 5. The van der Waals surface area contributed by atoms with Gasteiger partial charge in [-0.1, -0.05) is 20.8 Å². The smallest absolute Gasteiger partial charge is 0.0685 e. The molecule has 1 saturated carbocycles. The highest BCUT2D eigenvalue weighted by atomic mass is 16.5. The van der Waals surface area contributed by atoms with Crippen LogP contribution in [0, 0.1) is 11.3 Å². The van der Waals surface area contributed by atoms with E-state index in [2.05, 4.69) is 38.0 Å². The molecule has 1 aliphatic carbocycles. The summed E-state index contributed by atoms with van der Waals surface area (Å²) in [5, 5.41) is 3.72. The second-order valence-electron chi connectivity index (χ2n) is 5.89. The molecule has 0 aromatic carbocycles. The molecule has 16 heavy (non-hydrogen) atoms. The number of nitrogens with zero attached hydrogens (tertiary/aromatic N) is 1. The Balaban J connectivity index is 1.77. The number of hydrogen-bond donors (Lipinski definition) is 1. The highest BCUT2D eigenvalue weighted by Crippen LogP contribution is 2.51. The van der Waals surface area contributed by atoms with Crippen molar-refractivity contribution in [2.75, 3.05) is 33.3 Å². The average molecular weight is 226 g/mol. The van der Waals surface area contributed by atoms with Crippen LogP contribution in [0.5, 0.6) is 0 Å². The summed E-state index contributed by atoms with van der Waals surface area (Å²) in [6.07, 6.45) is 1.75. The van der Waals surface area contributed by atoms with Gasteiger partial charge in [-0.2, -0.15) is 0 Å². The number of hydrogen-bond acceptors (Lipinski definition) is 3. The molecule has 2 aliphatic rings. The van der Waals surface area contributed by atoms with E-state index in [1.54, 1.807) is 0 Å². The molecule has 2 fully saturated rings. The molecule has 1 heterocycles. The third-order valence-electron chi connectivity index (χ3n) is 4.50. The number of ether oxygens (including phenoxy) is 1. The van der Waals surface area contributed by atoms with E-state index in [1.165, 1.54) is 6.42 Å². The van der Waals surface area contributed by atoms with E-state index in [9.17, 15) is 0 Å². The second-order valence-corrected chi connectivity index (χ2v) is 5.89. The Bertz CT molecular complexity index is 242. The molecule has 3 unspecified atom stereocenters. The summed E-state index contributed by atoms with van der Waals surface area (Å²) in [5.41, 5.74) is 0.325. The molecule has 0 bridgehead atoms. The highest BCUT2D eigenvalue weighted by molar-refractivity contribution is 5.11. The molecular weight excluding hydrogens is 200 g/mol. The molecule has 1 aliphatic heterocycles. The van der Waals surface area contributed by atoms with Crippen LogP contribution in [0.3, 0.4) is 0 Å². The minimum absolute atomic E-state index is 0.325. The van der Waals surface area contributed by atoms with Crippen LogP contribution in [0.2, 0.25) is 0 Å². The zero-order chi connectivity index (χ0) is 11.8. The SMILES string of the molecule is CCN(C)CCNC1C2CCOC2C1(C)C. The lowest BCUT2D eigenvalue weighted by molar-refractivity contribution is -0.112. The van der Waals surface area contributed by atoms with Crippen LogP contribution >= 0.6 is 0 Å². The van der Waals surface area contributed by atoms with Crippen LogP contribution in [0.1, 0.15) is 27.2 Å². The van der Waals surface area contributed by atoms with E-state index in [0.717, 1.165) is 32.2 Å². The molecule has 3 atom stereocenters. The van der Waals surface area contributed by atoms with E-state index >= 15 is 0 Å². The lowest BCUT2D eigenvalue weighted by Gasteiger charge is -2.55. The summed E-state index contributed by atoms with van der Waals surface area (Å²) in [5.74, 6) is 0.766. The summed E-state index contributed by atoms with van der Waals surface area (Å²) < 4.78 is 5.80. The van der Waals surface area contributed by atoms with Gasteiger partial charge < -0.3 is 15.0 Å². The molecule has 0 aromatic heterocycles. The molecule has 1 saturated heterocycles. The first-order valence-electron chi connectivity index (χ1n) is 6.61. The molecule has 0 amide bonds. The second kappa shape index (κ2) is 4.63. The van der Waals surface area contributed by atoms with Crippen LogP contribution in [-0.2, 0) is 4.74 Å². The van der Waals surface area contributed by atoms with Gasteiger partial charge in [0.1, 0.15) is 0 Å². The molecule has 1 N–H and O–H groups in total. The van der Waals surface area contributed by atoms with Gasteiger partial charge in [-0.3, -0.25) is 0 Å². The van der Waals surface area contributed by atoms with Crippen LogP contribution in [0.4, 0.5) is 0 Å². The molecule has 0 aromatic rings. The summed E-state index contributed by atoms with van der Waals surface area (Å²) in [7, 11) is 2.18. The Hall–Kier alpha value is -0.120. The fourth-order valence-corrected chi connectivity index (χ4v) is 3.31. The number of fused-ring (bicyclic) bond motifs is 1. The van der Waals surface area contributed by atoms with Crippen molar-refractivity contribution in [1.29, 1.82) is 0 Å². The Morgan fingerprint density at radius 3 is 2.88 bits per heavy atom. The van der Waals surface area contributed by atoms with Crippen LogP contribution in [0.15, 0.2) is 0 Å². The quantitative estimate of drug-likeness (QED) is 0.765. The molecule has 3 nitrogen and oxygen atoms in total. The Morgan fingerprint density at radius 1 is 1.44 bits per heavy atom. The number of nitrogens with one attached hydrogen (secondary N) is 1. The first-order chi connectivity index (χ1) is 7.57. The molecule has 0 spiro atoms. The van der Waals surface area contributed by atoms with Gasteiger partial charge >= 0.3 is 0 Å². The van der Waals surface area contributed by atoms with Gasteiger partial charge in [-0.15, -0.1) is 0 Å². The molecular formula is C13H26N2O. The van der Waals surface area contributed by atoms with Crippen molar-refractivity contribution in [3.05, 3.63) is 0 Å².